The summed E-state index contributed by atoms with van der Waals surface area (Å²) in [5.74, 6) is -1.07. The number of nitriles is 1. The van der Waals surface area contributed by atoms with Gasteiger partial charge in [-0.2, -0.15) is 5.26 Å². The van der Waals surface area contributed by atoms with Crippen molar-refractivity contribution < 1.29 is 19.4 Å². The molecule has 2 fully saturated rings. The van der Waals surface area contributed by atoms with E-state index in [-0.39, 0.29) is 29.3 Å². The van der Waals surface area contributed by atoms with E-state index >= 15 is 0 Å². The second-order valence-electron chi connectivity index (χ2n) is 8.46. The van der Waals surface area contributed by atoms with Gasteiger partial charge in [0.2, 0.25) is 0 Å². The molecule has 1 aromatic heterocycles. The first-order valence-corrected chi connectivity index (χ1v) is 10.3. The number of piperazine rings is 1. The molecule has 2 atom stereocenters. The Labute approximate surface area is 172 Å². The first kappa shape index (κ1) is 19.5. The molecule has 0 spiro atoms. The van der Waals surface area contributed by atoms with Crippen molar-refractivity contribution >= 4 is 38.7 Å². The van der Waals surface area contributed by atoms with Crippen molar-refractivity contribution in [1.29, 1.82) is 5.26 Å². The number of carbonyl (C=O) groups is 2. The summed E-state index contributed by atoms with van der Waals surface area (Å²) in [6.45, 7) is 6.69. The highest BCUT2D eigenvalue weighted by Crippen LogP contribution is 2.40. The van der Waals surface area contributed by atoms with Crippen molar-refractivity contribution in [2.45, 2.75) is 51.3 Å². The summed E-state index contributed by atoms with van der Waals surface area (Å²) >= 11 is 1.40. The molecule has 2 aliphatic heterocycles. The van der Waals surface area contributed by atoms with Crippen molar-refractivity contribution in [3.05, 3.63) is 23.3 Å². The van der Waals surface area contributed by atoms with E-state index < -0.39 is 11.6 Å². The van der Waals surface area contributed by atoms with Crippen LogP contribution in [0.25, 0.3) is 10.2 Å². The summed E-state index contributed by atoms with van der Waals surface area (Å²) in [6.07, 6.45) is 1.60. The number of carboxylic acid groups (broad SMARTS) is 1. The molecule has 152 valence electrons. The standard InChI is InChI=1S/C20H22N4O4S/c1-20(2,3)28-19(27)23-9-13-4-5-14(10-23)24(13)18-22-16-12(8-21)6-11(17(25)26)7-15(16)29-18/h6-7,13-14H,4-5,9-10H2,1-3H3,(H,25,26). The lowest BCUT2D eigenvalue weighted by molar-refractivity contribution is 0.0209. The van der Waals surface area contributed by atoms with Gasteiger partial charge in [0.05, 0.1) is 15.8 Å². The lowest BCUT2D eigenvalue weighted by Crippen LogP contribution is -2.56. The van der Waals surface area contributed by atoms with Crippen LogP contribution in [0.3, 0.4) is 0 Å². The number of nitrogens with zero attached hydrogens (tertiary/aromatic N) is 4. The van der Waals surface area contributed by atoms with E-state index in [1.165, 1.54) is 17.4 Å². The molecule has 0 radical (unpaired) electrons. The van der Waals surface area contributed by atoms with Gasteiger partial charge >= 0.3 is 12.1 Å². The molecule has 1 N–H and O–H groups in total. The zero-order chi connectivity index (χ0) is 20.9. The normalized spacial score (nSPS) is 21.3. The third-order valence-electron chi connectivity index (χ3n) is 5.21. The second-order valence-corrected chi connectivity index (χ2v) is 9.47. The van der Waals surface area contributed by atoms with E-state index in [1.807, 2.05) is 20.8 Å². The Morgan fingerprint density at radius 1 is 1.28 bits per heavy atom. The summed E-state index contributed by atoms with van der Waals surface area (Å²) in [7, 11) is 0. The zero-order valence-corrected chi connectivity index (χ0v) is 17.3. The van der Waals surface area contributed by atoms with Crippen molar-refractivity contribution in [2.75, 3.05) is 18.0 Å². The number of benzene rings is 1. The van der Waals surface area contributed by atoms with Crippen molar-refractivity contribution in [3.8, 4) is 6.07 Å². The highest BCUT2D eigenvalue weighted by molar-refractivity contribution is 7.22. The molecule has 2 bridgehead atoms. The third kappa shape index (κ3) is 3.60. The number of aromatic carboxylic acids is 1. The van der Waals surface area contributed by atoms with Gasteiger partial charge in [0, 0.05) is 25.2 Å². The number of likely N-dealkylation sites (tertiary alicyclic amines) is 1. The fourth-order valence-electron chi connectivity index (χ4n) is 4.03. The minimum Gasteiger partial charge on any atom is -0.478 e. The van der Waals surface area contributed by atoms with E-state index in [9.17, 15) is 20.0 Å². The molecule has 3 heterocycles. The number of hydrogen-bond donors (Lipinski definition) is 1. The number of rotatable bonds is 2. The highest BCUT2D eigenvalue weighted by Gasteiger charge is 2.43. The smallest absolute Gasteiger partial charge is 0.410 e. The summed E-state index contributed by atoms with van der Waals surface area (Å²) in [5, 5.41) is 19.5. The van der Waals surface area contributed by atoms with Crippen LogP contribution in [0.2, 0.25) is 0 Å². The number of amides is 1. The number of ether oxygens (including phenoxy) is 1. The van der Waals surface area contributed by atoms with Crippen LogP contribution in [0.1, 0.15) is 49.5 Å². The maximum atomic E-state index is 12.5. The first-order valence-electron chi connectivity index (χ1n) is 9.50. The van der Waals surface area contributed by atoms with E-state index in [4.69, 9.17) is 4.74 Å². The Balaban J connectivity index is 1.62. The Kier molecular flexibility index (Phi) is 4.62. The molecular formula is C20H22N4O4S. The van der Waals surface area contributed by atoms with Crippen LogP contribution in [0.5, 0.6) is 0 Å². The Morgan fingerprint density at radius 3 is 2.48 bits per heavy atom. The Morgan fingerprint density at radius 2 is 1.93 bits per heavy atom. The molecule has 2 aromatic rings. The number of anilines is 1. The second kappa shape index (κ2) is 6.88. The fourth-order valence-corrected chi connectivity index (χ4v) is 5.20. The van der Waals surface area contributed by atoms with E-state index in [0.717, 1.165) is 18.0 Å². The number of carbonyl (C=O) groups excluding carboxylic acids is 1. The van der Waals surface area contributed by atoms with E-state index in [1.54, 1.807) is 11.0 Å². The van der Waals surface area contributed by atoms with Gasteiger partial charge in [0.15, 0.2) is 5.13 Å². The van der Waals surface area contributed by atoms with E-state index in [0.29, 0.717) is 23.3 Å². The minimum absolute atomic E-state index is 0.0852. The van der Waals surface area contributed by atoms with Gasteiger partial charge in [-0.25, -0.2) is 14.6 Å². The largest absolute Gasteiger partial charge is 0.478 e. The van der Waals surface area contributed by atoms with Crippen LogP contribution < -0.4 is 4.90 Å². The molecule has 9 heteroatoms. The number of thiazole rings is 1. The monoisotopic (exact) mass is 414 g/mol. The molecule has 4 rings (SSSR count). The molecule has 2 saturated heterocycles. The van der Waals surface area contributed by atoms with Crippen LogP contribution in [0.15, 0.2) is 12.1 Å². The lowest BCUT2D eigenvalue weighted by atomic mass is 10.1. The van der Waals surface area contributed by atoms with Gasteiger partial charge in [-0.05, 0) is 45.7 Å². The van der Waals surface area contributed by atoms with Gasteiger partial charge in [0.1, 0.15) is 17.2 Å². The number of fused-ring (bicyclic) bond motifs is 3. The summed E-state index contributed by atoms with van der Waals surface area (Å²) in [5.41, 5.74) is 0.353. The van der Waals surface area contributed by atoms with Crippen LogP contribution in [0, 0.1) is 11.3 Å². The summed E-state index contributed by atoms with van der Waals surface area (Å²) in [4.78, 5) is 32.5. The number of hydrogen-bond acceptors (Lipinski definition) is 7. The molecule has 2 aliphatic rings. The SMILES string of the molecule is CC(C)(C)OC(=O)N1CC2CCC(C1)N2c1nc2c(C#N)cc(C(=O)O)cc2s1. The molecule has 1 aromatic carbocycles. The average Bonchev–Trinajstić information content (AvgIpc) is 3.16. The Hall–Kier alpha value is -2.86. The molecule has 0 aliphatic carbocycles. The third-order valence-corrected chi connectivity index (χ3v) is 6.22. The summed E-state index contributed by atoms with van der Waals surface area (Å²) < 4.78 is 6.21. The number of aromatic nitrogens is 1. The predicted molar refractivity (Wildman–Crippen MR) is 108 cm³/mol. The van der Waals surface area contributed by atoms with Gasteiger partial charge in [-0.15, -0.1) is 0 Å². The van der Waals surface area contributed by atoms with Gasteiger partial charge in [-0.1, -0.05) is 11.3 Å². The highest BCUT2D eigenvalue weighted by atomic mass is 32.1. The topological polar surface area (TPSA) is 107 Å². The van der Waals surface area contributed by atoms with Crippen molar-refractivity contribution in [3.63, 3.8) is 0 Å². The average molecular weight is 414 g/mol. The van der Waals surface area contributed by atoms with Crippen LogP contribution in [-0.4, -0.2) is 57.8 Å². The van der Waals surface area contributed by atoms with Gasteiger partial charge in [0.25, 0.3) is 0 Å². The van der Waals surface area contributed by atoms with Gasteiger partial charge < -0.3 is 19.6 Å². The predicted octanol–water partition coefficient (Wildman–Crippen LogP) is 3.45. The van der Waals surface area contributed by atoms with Crippen LogP contribution in [0.4, 0.5) is 9.93 Å². The maximum Gasteiger partial charge on any atom is 0.410 e. The minimum atomic E-state index is -1.07. The Bertz CT molecular complexity index is 1020. The molecule has 0 saturated carbocycles. The summed E-state index contributed by atoms with van der Waals surface area (Å²) in [6, 6.07) is 5.25. The van der Waals surface area contributed by atoms with E-state index in [2.05, 4.69) is 16.0 Å². The molecule has 8 nitrogen and oxygen atoms in total. The quantitative estimate of drug-likeness (QED) is 0.802. The first-order chi connectivity index (χ1) is 13.7. The van der Waals surface area contributed by atoms with Crippen LogP contribution >= 0.6 is 11.3 Å². The molecule has 29 heavy (non-hydrogen) atoms. The van der Waals surface area contributed by atoms with Crippen molar-refractivity contribution in [2.24, 2.45) is 0 Å². The van der Waals surface area contributed by atoms with Gasteiger partial charge in [-0.3, -0.25) is 0 Å². The molecule has 2 unspecified atom stereocenters. The molecular weight excluding hydrogens is 392 g/mol. The van der Waals surface area contributed by atoms with Crippen LogP contribution in [-0.2, 0) is 4.74 Å². The number of carboxylic acids is 1. The molecule has 1 amide bonds. The lowest BCUT2D eigenvalue weighted by Gasteiger charge is -2.41. The maximum absolute atomic E-state index is 12.5. The fraction of sp³-hybridized carbons (Fsp3) is 0.500. The zero-order valence-electron chi connectivity index (χ0n) is 16.5. The van der Waals surface area contributed by atoms with Crippen molar-refractivity contribution in [1.82, 2.24) is 9.88 Å².